The minimum Gasteiger partial charge on any atom is -0.372 e. The summed E-state index contributed by atoms with van der Waals surface area (Å²) in [4.78, 5) is 14.3. The molecule has 5 heteroatoms. The maximum Gasteiger partial charge on any atom is 0.257 e. The molecule has 24 heavy (non-hydrogen) atoms. The Bertz CT molecular complexity index is 780. The zero-order valence-corrected chi connectivity index (χ0v) is 13.8. The van der Waals surface area contributed by atoms with E-state index in [0.29, 0.717) is 16.8 Å². The van der Waals surface area contributed by atoms with Crippen molar-refractivity contribution in [2.75, 3.05) is 28.6 Å². The van der Waals surface area contributed by atoms with Crippen LogP contribution in [0, 0.1) is 5.82 Å². The van der Waals surface area contributed by atoms with E-state index in [4.69, 9.17) is 0 Å². The number of anilines is 3. The number of carbonyl (C=O) groups excluding carboxylic acids is 1. The minimum absolute atomic E-state index is 0.233. The Kier molecular flexibility index (Phi) is 4.51. The van der Waals surface area contributed by atoms with Gasteiger partial charge in [-0.1, -0.05) is 0 Å². The largest absolute Gasteiger partial charge is 0.372 e. The van der Waals surface area contributed by atoms with Crippen LogP contribution in [0.5, 0.6) is 0 Å². The molecule has 1 amide bonds. The molecule has 0 atom stereocenters. The predicted octanol–water partition coefficient (Wildman–Crippen LogP) is 4.08. The van der Waals surface area contributed by atoms with Crippen LogP contribution in [0.4, 0.5) is 21.5 Å². The number of rotatable bonds is 5. The number of carbonyl (C=O) groups is 1. The van der Waals surface area contributed by atoms with Crippen LogP contribution in [-0.4, -0.2) is 19.0 Å². The van der Waals surface area contributed by atoms with Gasteiger partial charge in [0.2, 0.25) is 0 Å². The fourth-order valence-corrected chi connectivity index (χ4v) is 2.82. The summed E-state index contributed by atoms with van der Waals surface area (Å²) in [7, 11) is 0. The topological polar surface area (TPSA) is 44.4 Å². The van der Waals surface area contributed by atoms with Crippen molar-refractivity contribution in [1.29, 1.82) is 0 Å². The highest BCUT2D eigenvalue weighted by Gasteiger charge is 2.24. The zero-order chi connectivity index (χ0) is 17.1. The lowest BCUT2D eigenvalue weighted by atomic mass is 10.1. The summed E-state index contributed by atoms with van der Waals surface area (Å²) in [6.45, 7) is 6.17. The molecule has 124 valence electrons. The van der Waals surface area contributed by atoms with Crippen molar-refractivity contribution in [2.24, 2.45) is 0 Å². The van der Waals surface area contributed by atoms with Gasteiger partial charge in [0.1, 0.15) is 5.82 Å². The lowest BCUT2D eigenvalue weighted by molar-refractivity contribution is -0.110. The molecule has 0 spiro atoms. The maximum atomic E-state index is 13.2. The van der Waals surface area contributed by atoms with Crippen LogP contribution in [0.1, 0.15) is 19.4 Å². The molecule has 3 rings (SSSR count). The maximum absolute atomic E-state index is 13.2. The third-order valence-corrected chi connectivity index (χ3v) is 4.14. The summed E-state index contributed by atoms with van der Waals surface area (Å²) < 4.78 is 13.2. The van der Waals surface area contributed by atoms with Crippen LogP contribution in [-0.2, 0) is 4.79 Å². The Hall–Kier alpha value is -2.82. The number of nitrogens with one attached hydrogen (secondary N) is 2. The fourth-order valence-electron chi connectivity index (χ4n) is 2.82. The van der Waals surface area contributed by atoms with E-state index in [-0.39, 0.29) is 11.7 Å². The Morgan fingerprint density at radius 2 is 1.83 bits per heavy atom. The lowest BCUT2D eigenvalue weighted by Gasteiger charge is -2.21. The van der Waals surface area contributed by atoms with Gasteiger partial charge >= 0.3 is 0 Å². The standard InChI is InChI=1S/C19H20FN3O/c1-3-23(4-2)15-8-6-14(7-9-15)21-12-17-16-10-5-13(20)11-18(16)22-19(17)24/h5-12,21H,3-4H2,1-2H3,(H,22,24)/b17-12+. The van der Waals surface area contributed by atoms with Gasteiger partial charge in [-0.25, -0.2) is 4.39 Å². The van der Waals surface area contributed by atoms with Gasteiger partial charge in [0.05, 0.1) is 11.3 Å². The molecule has 0 bridgehead atoms. The van der Waals surface area contributed by atoms with E-state index in [1.165, 1.54) is 12.1 Å². The predicted molar refractivity (Wildman–Crippen MR) is 96.6 cm³/mol. The van der Waals surface area contributed by atoms with E-state index in [1.54, 1.807) is 12.3 Å². The van der Waals surface area contributed by atoms with Crippen LogP contribution in [0.2, 0.25) is 0 Å². The Balaban J connectivity index is 1.78. The van der Waals surface area contributed by atoms with Crippen molar-refractivity contribution in [3.63, 3.8) is 0 Å². The van der Waals surface area contributed by atoms with E-state index in [0.717, 1.165) is 24.5 Å². The second-order valence-corrected chi connectivity index (χ2v) is 5.57. The molecule has 0 saturated heterocycles. The Morgan fingerprint density at radius 3 is 2.50 bits per heavy atom. The average Bonchev–Trinajstić information content (AvgIpc) is 2.89. The normalized spacial score (nSPS) is 14.5. The van der Waals surface area contributed by atoms with Crippen molar-refractivity contribution in [3.8, 4) is 0 Å². The van der Waals surface area contributed by atoms with Crippen LogP contribution < -0.4 is 15.5 Å². The summed E-state index contributed by atoms with van der Waals surface area (Å²) in [6.07, 6.45) is 1.66. The van der Waals surface area contributed by atoms with Gasteiger partial charge in [-0.05, 0) is 56.3 Å². The molecule has 0 unspecified atom stereocenters. The number of fused-ring (bicyclic) bond motifs is 1. The van der Waals surface area contributed by atoms with E-state index in [2.05, 4.69) is 29.4 Å². The molecule has 0 aromatic heterocycles. The minimum atomic E-state index is -0.366. The van der Waals surface area contributed by atoms with Gasteiger partial charge < -0.3 is 15.5 Å². The smallest absolute Gasteiger partial charge is 0.257 e. The number of hydrogen-bond acceptors (Lipinski definition) is 3. The van der Waals surface area contributed by atoms with E-state index < -0.39 is 0 Å². The summed E-state index contributed by atoms with van der Waals surface area (Å²) in [5.74, 6) is -0.599. The van der Waals surface area contributed by atoms with Crippen molar-refractivity contribution < 1.29 is 9.18 Å². The quantitative estimate of drug-likeness (QED) is 0.814. The first kappa shape index (κ1) is 16.1. The van der Waals surface area contributed by atoms with Crippen LogP contribution >= 0.6 is 0 Å². The van der Waals surface area contributed by atoms with Crippen molar-refractivity contribution >= 4 is 28.5 Å². The van der Waals surface area contributed by atoms with Gasteiger partial charge in [0.25, 0.3) is 5.91 Å². The molecule has 2 aromatic rings. The zero-order valence-electron chi connectivity index (χ0n) is 13.8. The monoisotopic (exact) mass is 325 g/mol. The van der Waals surface area contributed by atoms with Gasteiger partial charge in [0.15, 0.2) is 0 Å². The number of nitrogens with zero attached hydrogens (tertiary/aromatic N) is 1. The van der Waals surface area contributed by atoms with Gasteiger partial charge in [-0.3, -0.25) is 4.79 Å². The second-order valence-electron chi connectivity index (χ2n) is 5.57. The second kappa shape index (κ2) is 6.74. The summed E-state index contributed by atoms with van der Waals surface area (Å²) >= 11 is 0. The molecule has 2 N–H and O–H groups in total. The molecule has 1 aliphatic rings. The first-order valence-electron chi connectivity index (χ1n) is 8.05. The molecular formula is C19H20FN3O. The van der Waals surface area contributed by atoms with Gasteiger partial charge in [0, 0.05) is 36.2 Å². The fraction of sp³-hybridized carbons (Fsp3) is 0.211. The highest BCUT2D eigenvalue weighted by molar-refractivity contribution is 6.31. The Labute approximate surface area is 141 Å². The number of halogens is 1. The molecule has 0 saturated carbocycles. The highest BCUT2D eigenvalue weighted by Crippen LogP contribution is 2.32. The van der Waals surface area contributed by atoms with Crippen LogP contribution in [0.3, 0.4) is 0 Å². The lowest BCUT2D eigenvalue weighted by Crippen LogP contribution is -2.21. The molecule has 0 aliphatic carbocycles. The first-order valence-corrected chi connectivity index (χ1v) is 8.05. The molecule has 2 aromatic carbocycles. The number of hydrogen-bond donors (Lipinski definition) is 2. The highest BCUT2D eigenvalue weighted by atomic mass is 19.1. The van der Waals surface area contributed by atoms with Crippen LogP contribution in [0.15, 0.2) is 48.7 Å². The van der Waals surface area contributed by atoms with E-state index in [9.17, 15) is 9.18 Å². The molecule has 0 radical (unpaired) electrons. The van der Waals surface area contributed by atoms with E-state index >= 15 is 0 Å². The third-order valence-electron chi connectivity index (χ3n) is 4.14. The molecule has 0 fully saturated rings. The number of amides is 1. The summed E-state index contributed by atoms with van der Waals surface area (Å²) in [5, 5.41) is 5.81. The SMILES string of the molecule is CCN(CC)c1ccc(N/C=C2/C(=O)Nc3cc(F)ccc32)cc1. The van der Waals surface area contributed by atoms with E-state index in [1.807, 2.05) is 24.3 Å². The molecule has 4 nitrogen and oxygen atoms in total. The van der Waals surface area contributed by atoms with Crippen molar-refractivity contribution in [3.05, 3.63) is 60.0 Å². The van der Waals surface area contributed by atoms with Crippen molar-refractivity contribution in [1.82, 2.24) is 0 Å². The summed E-state index contributed by atoms with van der Waals surface area (Å²) in [6, 6.07) is 12.3. The average molecular weight is 325 g/mol. The first-order chi connectivity index (χ1) is 11.6. The molecular weight excluding hydrogens is 305 g/mol. The number of benzene rings is 2. The van der Waals surface area contributed by atoms with Gasteiger partial charge in [-0.2, -0.15) is 0 Å². The summed E-state index contributed by atoms with van der Waals surface area (Å²) in [5.41, 5.74) is 3.76. The van der Waals surface area contributed by atoms with Gasteiger partial charge in [-0.15, -0.1) is 0 Å². The Morgan fingerprint density at radius 1 is 1.12 bits per heavy atom. The molecule has 1 aliphatic heterocycles. The molecule has 1 heterocycles. The third kappa shape index (κ3) is 3.11. The van der Waals surface area contributed by atoms with Crippen molar-refractivity contribution in [2.45, 2.75) is 13.8 Å². The van der Waals surface area contributed by atoms with Crippen LogP contribution in [0.25, 0.3) is 5.57 Å².